The normalized spacial score (nSPS) is 29.7. The third-order valence-electron chi connectivity index (χ3n) is 4.73. The Labute approximate surface area is 113 Å². The van der Waals surface area contributed by atoms with Crippen molar-refractivity contribution in [2.75, 3.05) is 13.2 Å². The Kier molecular flexibility index (Phi) is 5.08. The molecule has 2 nitrogen and oxygen atoms in total. The molecule has 1 saturated heterocycles. The molecular formula is C16H31NO. The van der Waals surface area contributed by atoms with Crippen LogP contribution >= 0.6 is 0 Å². The largest absolute Gasteiger partial charge is 0.372 e. The highest BCUT2D eigenvalue weighted by Gasteiger charge is 2.42. The van der Waals surface area contributed by atoms with Gasteiger partial charge in [-0.15, -0.1) is 0 Å². The molecule has 1 N–H and O–H groups in total. The number of rotatable bonds is 4. The lowest BCUT2D eigenvalue weighted by Gasteiger charge is -2.48. The molecule has 2 fully saturated rings. The van der Waals surface area contributed by atoms with Crippen molar-refractivity contribution < 1.29 is 4.74 Å². The van der Waals surface area contributed by atoms with Crippen LogP contribution in [0.2, 0.25) is 0 Å². The molecule has 2 aliphatic rings. The highest BCUT2D eigenvalue weighted by molar-refractivity contribution is 4.98. The zero-order valence-electron chi connectivity index (χ0n) is 12.5. The molecule has 2 atom stereocenters. The molecule has 106 valence electrons. The van der Waals surface area contributed by atoms with E-state index in [1.165, 1.54) is 44.9 Å². The van der Waals surface area contributed by atoms with Gasteiger partial charge in [-0.25, -0.2) is 0 Å². The van der Waals surface area contributed by atoms with Gasteiger partial charge in [0.2, 0.25) is 0 Å². The average molecular weight is 253 g/mol. The monoisotopic (exact) mass is 253 g/mol. The van der Waals surface area contributed by atoms with Gasteiger partial charge in [0.05, 0.1) is 12.2 Å². The minimum atomic E-state index is 0.182. The molecule has 2 heteroatoms. The van der Waals surface area contributed by atoms with Crippen molar-refractivity contribution in [1.82, 2.24) is 5.32 Å². The van der Waals surface area contributed by atoms with E-state index < -0.39 is 0 Å². The molecule has 0 bridgehead atoms. The minimum Gasteiger partial charge on any atom is -0.372 e. The van der Waals surface area contributed by atoms with Crippen LogP contribution in [-0.4, -0.2) is 24.8 Å². The molecule has 1 aliphatic carbocycles. The summed E-state index contributed by atoms with van der Waals surface area (Å²) in [5.74, 6) is 1.62. The number of nitrogens with one attached hydrogen (secondary N) is 1. The summed E-state index contributed by atoms with van der Waals surface area (Å²) < 4.78 is 6.26. The Morgan fingerprint density at radius 2 is 1.89 bits per heavy atom. The minimum absolute atomic E-state index is 0.182. The van der Waals surface area contributed by atoms with Gasteiger partial charge >= 0.3 is 0 Å². The molecule has 1 heterocycles. The van der Waals surface area contributed by atoms with E-state index in [0.717, 1.165) is 25.0 Å². The van der Waals surface area contributed by atoms with Gasteiger partial charge in [0.15, 0.2) is 0 Å². The summed E-state index contributed by atoms with van der Waals surface area (Å²) in [5, 5.41) is 3.76. The second-order valence-corrected chi connectivity index (χ2v) is 6.95. The number of morpholine rings is 1. The van der Waals surface area contributed by atoms with Crippen LogP contribution in [0.3, 0.4) is 0 Å². The molecule has 2 unspecified atom stereocenters. The van der Waals surface area contributed by atoms with Crippen molar-refractivity contribution in [2.24, 2.45) is 11.8 Å². The van der Waals surface area contributed by atoms with Gasteiger partial charge in [-0.2, -0.15) is 0 Å². The van der Waals surface area contributed by atoms with Crippen LogP contribution in [0.15, 0.2) is 0 Å². The van der Waals surface area contributed by atoms with E-state index >= 15 is 0 Å². The Balaban J connectivity index is 1.94. The molecule has 18 heavy (non-hydrogen) atoms. The first-order valence-corrected chi connectivity index (χ1v) is 8.00. The van der Waals surface area contributed by atoms with Crippen molar-refractivity contribution in [2.45, 2.75) is 77.4 Å². The molecule has 1 saturated carbocycles. The number of ether oxygens (including phenoxy) is 1. The van der Waals surface area contributed by atoms with Crippen LogP contribution in [0, 0.1) is 11.8 Å². The fraction of sp³-hybridized carbons (Fsp3) is 1.00. The SMILES string of the molecule is CC(C)CC(C)CC1NCCOC12CCCCC2. The third-order valence-corrected chi connectivity index (χ3v) is 4.73. The van der Waals surface area contributed by atoms with Crippen molar-refractivity contribution in [3.63, 3.8) is 0 Å². The third kappa shape index (κ3) is 3.48. The molecular weight excluding hydrogens is 222 g/mol. The van der Waals surface area contributed by atoms with E-state index in [2.05, 4.69) is 26.1 Å². The molecule has 1 spiro atoms. The maximum atomic E-state index is 6.26. The Morgan fingerprint density at radius 1 is 1.17 bits per heavy atom. The lowest BCUT2D eigenvalue weighted by molar-refractivity contribution is -0.121. The van der Waals surface area contributed by atoms with Gasteiger partial charge in [0.25, 0.3) is 0 Å². The van der Waals surface area contributed by atoms with E-state index in [0.29, 0.717) is 6.04 Å². The first-order chi connectivity index (χ1) is 8.62. The summed E-state index contributed by atoms with van der Waals surface area (Å²) in [5.41, 5.74) is 0.182. The maximum Gasteiger partial charge on any atom is 0.0835 e. The molecule has 0 radical (unpaired) electrons. The van der Waals surface area contributed by atoms with Crippen molar-refractivity contribution >= 4 is 0 Å². The van der Waals surface area contributed by atoms with Crippen LogP contribution in [0.25, 0.3) is 0 Å². The smallest absolute Gasteiger partial charge is 0.0835 e. The predicted molar refractivity (Wildman–Crippen MR) is 76.8 cm³/mol. The summed E-state index contributed by atoms with van der Waals surface area (Å²) in [6.45, 7) is 9.03. The van der Waals surface area contributed by atoms with E-state index in [4.69, 9.17) is 4.74 Å². The van der Waals surface area contributed by atoms with Gasteiger partial charge in [0, 0.05) is 12.6 Å². The summed E-state index contributed by atoms with van der Waals surface area (Å²) >= 11 is 0. The van der Waals surface area contributed by atoms with E-state index in [-0.39, 0.29) is 5.60 Å². The summed E-state index contributed by atoms with van der Waals surface area (Å²) in [6.07, 6.45) is 9.30. The Morgan fingerprint density at radius 3 is 2.56 bits per heavy atom. The van der Waals surface area contributed by atoms with Gasteiger partial charge in [-0.3, -0.25) is 0 Å². The van der Waals surface area contributed by atoms with Crippen molar-refractivity contribution in [3.05, 3.63) is 0 Å². The standard InChI is InChI=1S/C16H31NO/c1-13(2)11-14(3)12-15-16(18-10-9-17-15)7-5-4-6-8-16/h13-15,17H,4-12H2,1-3H3. The van der Waals surface area contributed by atoms with Gasteiger partial charge in [-0.1, -0.05) is 40.0 Å². The lowest BCUT2D eigenvalue weighted by Crippen LogP contribution is -2.59. The fourth-order valence-electron chi connectivity index (χ4n) is 4.02. The molecule has 0 aromatic rings. The van der Waals surface area contributed by atoms with Crippen LogP contribution in [0.5, 0.6) is 0 Å². The van der Waals surface area contributed by atoms with Gasteiger partial charge < -0.3 is 10.1 Å². The highest BCUT2D eigenvalue weighted by atomic mass is 16.5. The quantitative estimate of drug-likeness (QED) is 0.824. The van der Waals surface area contributed by atoms with Gasteiger partial charge in [-0.05, 0) is 37.5 Å². The van der Waals surface area contributed by atoms with E-state index in [9.17, 15) is 0 Å². The second kappa shape index (κ2) is 6.38. The summed E-state index contributed by atoms with van der Waals surface area (Å²) in [4.78, 5) is 0. The molecule has 0 aromatic heterocycles. The molecule has 1 aliphatic heterocycles. The van der Waals surface area contributed by atoms with Crippen LogP contribution in [0.4, 0.5) is 0 Å². The summed E-state index contributed by atoms with van der Waals surface area (Å²) in [7, 11) is 0. The number of hydrogen-bond donors (Lipinski definition) is 1. The summed E-state index contributed by atoms with van der Waals surface area (Å²) in [6, 6.07) is 0.597. The van der Waals surface area contributed by atoms with Crippen LogP contribution < -0.4 is 5.32 Å². The molecule has 0 amide bonds. The first-order valence-electron chi connectivity index (χ1n) is 8.00. The van der Waals surface area contributed by atoms with E-state index in [1.807, 2.05) is 0 Å². The maximum absolute atomic E-state index is 6.26. The highest BCUT2D eigenvalue weighted by Crippen LogP contribution is 2.38. The molecule has 2 rings (SSSR count). The second-order valence-electron chi connectivity index (χ2n) is 6.95. The zero-order chi connectivity index (χ0) is 13.0. The first kappa shape index (κ1) is 14.3. The Bertz CT molecular complexity index is 237. The Hall–Kier alpha value is -0.0800. The van der Waals surface area contributed by atoms with Crippen molar-refractivity contribution in [3.8, 4) is 0 Å². The zero-order valence-corrected chi connectivity index (χ0v) is 12.5. The van der Waals surface area contributed by atoms with E-state index in [1.54, 1.807) is 0 Å². The topological polar surface area (TPSA) is 21.3 Å². The van der Waals surface area contributed by atoms with Gasteiger partial charge in [0.1, 0.15) is 0 Å². The van der Waals surface area contributed by atoms with Crippen LogP contribution in [0.1, 0.15) is 65.7 Å². The van der Waals surface area contributed by atoms with Crippen LogP contribution in [-0.2, 0) is 4.74 Å². The fourth-order valence-corrected chi connectivity index (χ4v) is 4.02. The lowest BCUT2D eigenvalue weighted by atomic mass is 9.75. The van der Waals surface area contributed by atoms with Crippen molar-refractivity contribution in [1.29, 1.82) is 0 Å². The average Bonchev–Trinajstić information content (AvgIpc) is 2.32. The molecule has 0 aromatic carbocycles. The predicted octanol–water partition coefficient (Wildman–Crippen LogP) is 3.75. The number of hydrogen-bond acceptors (Lipinski definition) is 2.